The molecule has 0 aromatic heterocycles. The van der Waals surface area contributed by atoms with Crippen LogP contribution in [0.1, 0.15) is 23.6 Å². The highest BCUT2D eigenvalue weighted by molar-refractivity contribution is 7.98. The molecule has 3 N–H and O–H groups in total. The van der Waals surface area contributed by atoms with Crippen molar-refractivity contribution in [3.63, 3.8) is 0 Å². The molecule has 0 saturated heterocycles. The van der Waals surface area contributed by atoms with Crippen LogP contribution in [0, 0.1) is 6.92 Å². The van der Waals surface area contributed by atoms with E-state index in [0.717, 1.165) is 5.56 Å². The Morgan fingerprint density at radius 1 is 1.14 bits per heavy atom. The maximum Gasteiger partial charge on any atom is 0.221 e. The largest absolute Gasteiger partial charge is 0.495 e. The Morgan fingerprint density at radius 3 is 2.54 bits per heavy atom. The SMILES string of the molecule is CN=C(NCc1ccc(OC)c(NC(C)=O)c1)NCc1ccc(C)cc1SC. The number of nitrogens with one attached hydrogen (secondary N) is 3. The first-order valence-corrected chi connectivity index (χ1v) is 10.2. The van der Waals surface area contributed by atoms with Crippen molar-refractivity contribution in [2.45, 2.75) is 31.8 Å². The Bertz CT molecular complexity index is 852. The van der Waals surface area contributed by atoms with Crippen molar-refractivity contribution in [1.29, 1.82) is 0 Å². The number of thioether (sulfide) groups is 1. The van der Waals surface area contributed by atoms with Gasteiger partial charge in [-0.05, 0) is 48.1 Å². The fraction of sp³-hybridized carbons (Fsp3) is 0.333. The Morgan fingerprint density at radius 2 is 1.89 bits per heavy atom. The third kappa shape index (κ3) is 6.20. The second-order valence-electron chi connectivity index (χ2n) is 6.31. The van der Waals surface area contributed by atoms with Gasteiger partial charge in [-0.1, -0.05) is 18.2 Å². The van der Waals surface area contributed by atoms with Crippen molar-refractivity contribution in [2.24, 2.45) is 4.99 Å². The average molecular weight is 401 g/mol. The third-order valence-electron chi connectivity index (χ3n) is 4.15. The van der Waals surface area contributed by atoms with Crippen LogP contribution in [-0.4, -0.2) is 32.3 Å². The van der Waals surface area contributed by atoms with Gasteiger partial charge >= 0.3 is 0 Å². The summed E-state index contributed by atoms with van der Waals surface area (Å²) >= 11 is 1.74. The van der Waals surface area contributed by atoms with Gasteiger partial charge in [-0.3, -0.25) is 9.79 Å². The van der Waals surface area contributed by atoms with Gasteiger partial charge in [0.25, 0.3) is 0 Å². The molecule has 0 fully saturated rings. The molecular formula is C21H28N4O2S. The van der Waals surface area contributed by atoms with Gasteiger partial charge in [0.1, 0.15) is 5.75 Å². The molecule has 0 bridgehead atoms. The molecule has 0 radical (unpaired) electrons. The molecule has 28 heavy (non-hydrogen) atoms. The number of aryl methyl sites for hydroxylation is 1. The van der Waals surface area contributed by atoms with E-state index >= 15 is 0 Å². The number of methoxy groups -OCH3 is 1. The average Bonchev–Trinajstić information content (AvgIpc) is 2.68. The minimum Gasteiger partial charge on any atom is -0.495 e. The summed E-state index contributed by atoms with van der Waals surface area (Å²) in [5, 5.41) is 9.44. The molecule has 0 unspecified atom stereocenters. The monoisotopic (exact) mass is 400 g/mol. The number of carbonyl (C=O) groups is 1. The van der Waals surface area contributed by atoms with E-state index in [1.54, 1.807) is 25.9 Å². The molecule has 0 spiro atoms. The summed E-state index contributed by atoms with van der Waals surface area (Å²) in [4.78, 5) is 16.9. The number of hydrogen-bond acceptors (Lipinski definition) is 4. The second kappa shape index (κ2) is 10.6. The highest BCUT2D eigenvalue weighted by Gasteiger charge is 2.07. The van der Waals surface area contributed by atoms with E-state index < -0.39 is 0 Å². The van der Waals surface area contributed by atoms with Crippen LogP contribution >= 0.6 is 11.8 Å². The van der Waals surface area contributed by atoms with E-state index in [9.17, 15) is 4.79 Å². The van der Waals surface area contributed by atoms with E-state index in [0.29, 0.717) is 30.5 Å². The maximum atomic E-state index is 11.4. The van der Waals surface area contributed by atoms with Gasteiger partial charge < -0.3 is 20.7 Å². The number of hydrogen-bond donors (Lipinski definition) is 3. The zero-order chi connectivity index (χ0) is 20.5. The molecule has 7 heteroatoms. The zero-order valence-corrected chi connectivity index (χ0v) is 17.9. The van der Waals surface area contributed by atoms with E-state index in [4.69, 9.17) is 4.74 Å². The number of rotatable bonds is 7. The lowest BCUT2D eigenvalue weighted by Gasteiger charge is -2.15. The molecule has 0 atom stereocenters. The molecule has 2 aromatic rings. The van der Waals surface area contributed by atoms with Crippen LogP contribution < -0.4 is 20.7 Å². The van der Waals surface area contributed by atoms with E-state index in [-0.39, 0.29) is 5.91 Å². The van der Waals surface area contributed by atoms with E-state index in [1.165, 1.54) is 22.9 Å². The smallest absolute Gasteiger partial charge is 0.221 e. The van der Waals surface area contributed by atoms with Gasteiger partial charge in [0.05, 0.1) is 12.8 Å². The lowest BCUT2D eigenvalue weighted by Crippen LogP contribution is -2.36. The predicted octanol–water partition coefficient (Wildman–Crippen LogP) is 3.55. The molecule has 2 aromatic carbocycles. The van der Waals surface area contributed by atoms with Gasteiger partial charge in [-0.25, -0.2) is 0 Å². The summed E-state index contributed by atoms with van der Waals surface area (Å²) in [5.74, 6) is 1.21. The van der Waals surface area contributed by atoms with Crippen molar-refractivity contribution < 1.29 is 9.53 Å². The predicted molar refractivity (Wildman–Crippen MR) is 117 cm³/mol. The van der Waals surface area contributed by atoms with Crippen molar-refractivity contribution in [3.05, 3.63) is 53.1 Å². The highest BCUT2D eigenvalue weighted by Crippen LogP contribution is 2.25. The van der Waals surface area contributed by atoms with Crippen LogP contribution in [0.4, 0.5) is 5.69 Å². The van der Waals surface area contributed by atoms with Gasteiger partial charge in [-0.2, -0.15) is 0 Å². The Kier molecular flexibility index (Phi) is 8.19. The minimum absolute atomic E-state index is 0.136. The first kappa shape index (κ1) is 21.6. The highest BCUT2D eigenvalue weighted by atomic mass is 32.2. The number of aliphatic imine (C=N–C) groups is 1. The lowest BCUT2D eigenvalue weighted by atomic mass is 10.1. The van der Waals surface area contributed by atoms with Crippen molar-refractivity contribution in [2.75, 3.05) is 25.7 Å². The van der Waals surface area contributed by atoms with Gasteiger partial charge in [-0.15, -0.1) is 11.8 Å². The molecule has 150 valence electrons. The molecule has 0 aliphatic heterocycles. The van der Waals surface area contributed by atoms with Crippen LogP contribution in [0.5, 0.6) is 5.75 Å². The van der Waals surface area contributed by atoms with E-state index in [2.05, 4.69) is 52.3 Å². The summed E-state index contributed by atoms with van der Waals surface area (Å²) in [6.07, 6.45) is 2.09. The molecular weight excluding hydrogens is 372 g/mol. The zero-order valence-electron chi connectivity index (χ0n) is 17.1. The van der Waals surface area contributed by atoms with Crippen LogP contribution in [0.2, 0.25) is 0 Å². The Hall–Kier alpha value is -2.67. The van der Waals surface area contributed by atoms with Crippen molar-refractivity contribution in [3.8, 4) is 5.75 Å². The molecule has 6 nitrogen and oxygen atoms in total. The topological polar surface area (TPSA) is 74.8 Å². The summed E-state index contributed by atoms with van der Waals surface area (Å²) in [5.41, 5.74) is 4.15. The number of carbonyl (C=O) groups excluding carboxylic acids is 1. The molecule has 0 aliphatic carbocycles. The second-order valence-corrected chi connectivity index (χ2v) is 7.16. The quantitative estimate of drug-likeness (QED) is 0.377. The summed E-state index contributed by atoms with van der Waals surface area (Å²) in [6.45, 7) is 4.83. The number of benzene rings is 2. The molecule has 0 aliphatic rings. The fourth-order valence-electron chi connectivity index (χ4n) is 2.74. The Balaban J connectivity index is 2.00. The third-order valence-corrected chi connectivity index (χ3v) is 4.97. The van der Waals surface area contributed by atoms with Crippen LogP contribution in [0.15, 0.2) is 46.3 Å². The van der Waals surface area contributed by atoms with Crippen LogP contribution in [-0.2, 0) is 17.9 Å². The molecule has 2 rings (SSSR count). The molecule has 0 saturated carbocycles. The van der Waals surface area contributed by atoms with Crippen molar-refractivity contribution in [1.82, 2.24) is 10.6 Å². The first-order chi connectivity index (χ1) is 13.5. The number of guanidine groups is 1. The fourth-order valence-corrected chi connectivity index (χ4v) is 3.44. The van der Waals surface area contributed by atoms with Gasteiger partial charge in [0.2, 0.25) is 5.91 Å². The number of nitrogens with zero attached hydrogens (tertiary/aromatic N) is 1. The normalized spacial score (nSPS) is 11.1. The standard InChI is InChI=1S/C21H28N4O2S/c1-14-6-8-17(20(10-14)28-5)13-24-21(22-3)23-12-16-7-9-19(27-4)18(11-16)25-15(2)26/h6-11H,12-13H2,1-5H3,(H,25,26)(H2,22,23,24). The lowest BCUT2D eigenvalue weighted by molar-refractivity contribution is -0.114. The van der Waals surface area contributed by atoms with Crippen molar-refractivity contribution >= 4 is 29.3 Å². The van der Waals surface area contributed by atoms with E-state index in [1.807, 2.05) is 18.2 Å². The number of ether oxygens (including phenoxy) is 1. The summed E-state index contributed by atoms with van der Waals surface area (Å²) < 4.78 is 5.29. The molecule has 1 amide bonds. The number of amides is 1. The molecule has 0 heterocycles. The summed E-state index contributed by atoms with van der Waals surface area (Å²) in [7, 11) is 3.33. The maximum absolute atomic E-state index is 11.4. The van der Waals surface area contributed by atoms with Gasteiger partial charge in [0, 0.05) is 32.0 Å². The van der Waals surface area contributed by atoms with Gasteiger partial charge in [0.15, 0.2) is 5.96 Å². The summed E-state index contributed by atoms with van der Waals surface area (Å²) in [6, 6.07) is 12.1. The van der Waals surface area contributed by atoms with Crippen LogP contribution in [0.25, 0.3) is 0 Å². The number of anilines is 1. The van der Waals surface area contributed by atoms with Crippen LogP contribution in [0.3, 0.4) is 0 Å². The first-order valence-electron chi connectivity index (χ1n) is 8.99. The Labute approximate surface area is 171 Å². The minimum atomic E-state index is -0.136.